The van der Waals surface area contributed by atoms with Crippen LogP contribution in [0.2, 0.25) is 0 Å². The molecule has 0 aliphatic heterocycles. The summed E-state index contributed by atoms with van der Waals surface area (Å²) in [6.45, 7) is 0. The lowest BCUT2D eigenvalue weighted by Crippen LogP contribution is -2.43. The highest BCUT2D eigenvalue weighted by Gasteiger charge is 2.33. The fourth-order valence-corrected chi connectivity index (χ4v) is 2.53. The summed E-state index contributed by atoms with van der Waals surface area (Å²) in [6, 6.07) is -1.06. The molecule has 1 aliphatic rings. The van der Waals surface area contributed by atoms with Crippen molar-refractivity contribution in [2.75, 3.05) is 0 Å². The molecular formula is C11H19NO4. The van der Waals surface area contributed by atoms with Gasteiger partial charge in [-0.1, -0.05) is 32.1 Å². The van der Waals surface area contributed by atoms with E-state index in [1.165, 1.54) is 0 Å². The van der Waals surface area contributed by atoms with Gasteiger partial charge < -0.3 is 15.9 Å². The predicted octanol–water partition coefficient (Wildman–Crippen LogP) is 1.07. The molecule has 0 aromatic carbocycles. The van der Waals surface area contributed by atoms with E-state index >= 15 is 0 Å². The van der Waals surface area contributed by atoms with Gasteiger partial charge in [0, 0.05) is 0 Å². The summed E-state index contributed by atoms with van der Waals surface area (Å²) in [6.07, 6.45) is 4.91. The molecule has 1 saturated carbocycles. The fourth-order valence-electron chi connectivity index (χ4n) is 2.53. The maximum Gasteiger partial charge on any atom is 0.320 e. The third kappa shape index (κ3) is 3.48. The van der Waals surface area contributed by atoms with Crippen LogP contribution in [-0.4, -0.2) is 28.2 Å². The zero-order chi connectivity index (χ0) is 12.1. The highest BCUT2D eigenvalue weighted by molar-refractivity contribution is 5.75. The zero-order valence-corrected chi connectivity index (χ0v) is 9.26. The third-order valence-electron chi connectivity index (χ3n) is 3.41. The highest BCUT2D eigenvalue weighted by Crippen LogP contribution is 2.33. The summed E-state index contributed by atoms with van der Waals surface area (Å²) in [7, 11) is 0. The Morgan fingerprint density at radius 1 is 1.19 bits per heavy atom. The van der Waals surface area contributed by atoms with Gasteiger partial charge in [0.15, 0.2) is 0 Å². The molecule has 0 saturated heterocycles. The Balaban J connectivity index is 2.68. The summed E-state index contributed by atoms with van der Waals surface area (Å²) in [5.41, 5.74) is 5.58. The summed E-state index contributed by atoms with van der Waals surface area (Å²) in [4.78, 5) is 21.6. The maximum atomic E-state index is 10.8. The van der Waals surface area contributed by atoms with Gasteiger partial charge in [-0.15, -0.1) is 0 Å². The van der Waals surface area contributed by atoms with Crippen LogP contribution in [0.5, 0.6) is 0 Å². The minimum Gasteiger partial charge on any atom is -0.481 e. The average Bonchev–Trinajstić information content (AvgIpc) is 2.26. The summed E-state index contributed by atoms with van der Waals surface area (Å²) in [5, 5.41) is 17.7. The summed E-state index contributed by atoms with van der Waals surface area (Å²) < 4.78 is 0. The van der Waals surface area contributed by atoms with E-state index in [0.717, 1.165) is 32.1 Å². The van der Waals surface area contributed by atoms with Crippen LogP contribution < -0.4 is 5.73 Å². The van der Waals surface area contributed by atoms with E-state index in [-0.39, 0.29) is 12.3 Å². The SMILES string of the molecule is N[C@H](C(=O)O)C(CC(=O)O)C1CCCCC1. The molecule has 0 spiro atoms. The Labute approximate surface area is 94.6 Å². The number of aliphatic carboxylic acids is 2. The molecule has 0 amide bonds. The number of carbonyl (C=O) groups is 2. The first-order chi connectivity index (χ1) is 7.52. The molecule has 5 heteroatoms. The Kier molecular flexibility index (Phi) is 4.73. The predicted molar refractivity (Wildman–Crippen MR) is 57.9 cm³/mol. The standard InChI is InChI=1S/C11H19NO4/c12-10(11(15)16)8(6-9(13)14)7-4-2-1-3-5-7/h7-8,10H,1-6,12H2,(H,13,14)(H,15,16)/t8?,10-/m0/s1. The first-order valence-corrected chi connectivity index (χ1v) is 5.72. The molecule has 0 aromatic rings. The lowest BCUT2D eigenvalue weighted by Gasteiger charge is -2.31. The van der Waals surface area contributed by atoms with E-state index in [1.807, 2.05) is 0 Å². The number of carboxylic acids is 2. The van der Waals surface area contributed by atoms with Crippen LogP contribution in [0.25, 0.3) is 0 Å². The van der Waals surface area contributed by atoms with Gasteiger partial charge in [-0.3, -0.25) is 9.59 Å². The third-order valence-corrected chi connectivity index (χ3v) is 3.41. The Hall–Kier alpha value is -1.10. The minimum atomic E-state index is -1.10. The molecule has 1 aliphatic carbocycles. The molecule has 1 fully saturated rings. The smallest absolute Gasteiger partial charge is 0.320 e. The highest BCUT2D eigenvalue weighted by atomic mass is 16.4. The normalized spacial score (nSPS) is 21.3. The van der Waals surface area contributed by atoms with Crippen molar-refractivity contribution in [2.45, 2.75) is 44.6 Å². The van der Waals surface area contributed by atoms with E-state index in [0.29, 0.717) is 0 Å². The van der Waals surface area contributed by atoms with Gasteiger partial charge in [-0.25, -0.2) is 0 Å². The lowest BCUT2D eigenvalue weighted by atomic mass is 9.75. The van der Waals surface area contributed by atoms with Crippen molar-refractivity contribution in [2.24, 2.45) is 17.6 Å². The summed E-state index contributed by atoms with van der Waals surface area (Å²) in [5.74, 6) is -2.35. The number of rotatable bonds is 5. The molecule has 0 aromatic heterocycles. The second kappa shape index (κ2) is 5.84. The molecule has 92 valence electrons. The molecule has 0 heterocycles. The second-order valence-electron chi connectivity index (χ2n) is 4.52. The Morgan fingerprint density at radius 2 is 1.75 bits per heavy atom. The monoisotopic (exact) mass is 229 g/mol. The topological polar surface area (TPSA) is 101 Å². The van der Waals surface area contributed by atoms with Gasteiger partial charge in [0.05, 0.1) is 6.42 Å². The molecule has 1 rings (SSSR count). The Morgan fingerprint density at radius 3 is 2.19 bits per heavy atom. The molecular weight excluding hydrogens is 210 g/mol. The van der Waals surface area contributed by atoms with Crippen molar-refractivity contribution in [3.63, 3.8) is 0 Å². The van der Waals surface area contributed by atoms with Gasteiger partial charge in [0.2, 0.25) is 0 Å². The lowest BCUT2D eigenvalue weighted by molar-refractivity contribution is -0.143. The molecule has 4 N–H and O–H groups in total. The van der Waals surface area contributed by atoms with Gasteiger partial charge in [-0.05, 0) is 11.8 Å². The number of nitrogens with two attached hydrogens (primary N) is 1. The van der Waals surface area contributed by atoms with E-state index in [4.69, 9.17) is 15.9 Å². The van der Waals surface area contributed by atoms with Crippen LogP contribution in [0.4, 0.5) is 0 Å². The maximum absolute atomic E-state index is 10.8. The zero-order valence-electron chi connectivity index (χ0n) is 9.26. The van der Waals surface area contributed by atoms with Crippen molar-refractivity contribution in [1.29, 1.82) is 0 Å². The Bertz CT molecular complexity index is 261. The van der Waals surface area contributed by atoms with Crippen molar-refractivity contribution < 1.29 is 19.8 Å². The van der Waals surface area contributed by atoms with Gasteiger partial charge >= 0.3 is 11.9 Å². The first kappa shape index (κ1) is 13.0. The molecule has 0 bridgehead atoms. The number of hydrogen-bond donors (Lipinski definition) is 3. The van der Waals surface area contributed by atoms with E-state index in [1.54, 1.807) is 0 Å². The van der Waals surface area contributed by atoms with E-state index in [2.05, 4.69) is 0 Å². The van der Waals surface area contributed by atoms with Crippen LogP contribution in [-0.2, 0) is 9.59 Å². The van der Waals surface area contributed by atoms with E-state index < -0.39 is 23.9 Å². The second-order valence-corrected chi connectivity index (χ2v) is 4.52. The first-order valence-electron chi connectivity index (χ1n) is 5.72. The quantitative estimate of drug-likeness (QED) is 0.654. The fraction of sp³-hybridized carbons (Fsp3) is 0.818. The van der Waals surface area contributed by atoms with Crippen LogP contribution >= 0.6 is 0 Å². The van der Waals surface area contributed by atoms with Crippen molar-refractivity contribution >= 4 is 11.9 Å². The van der Waals surface area contributed by atoms with Crippen molar-refractivity contribution in [3.05, 3.63) is 0 Å². The van der Waals surface area contributed by atoms with Crippen molar-refractivity contribution in [1.82, 2.24) is 0 Å². The molecule has 0 radical (unpaired) electrons. The van der Waals surface area contributed by atoms with Gasteiger partial charge in [0.1, 0.15) is 6.04 Å². The van der Waals surface area contributed by atoms with Crippen LogP contribution in [0, 0.1) is 11.8 Å². The summed E-state index contributed by atoms with van der Waals surface area (Å²) >= 11 is 0. The average molecular weight is 229 g/mol. The minimum absolute atomic E-state index is 0.141. The molecule has 16 heavy (non-hydrogen) atoms. The molecule has 2 atom stereocenters. The van der Waals surface area contributed by atoms with Crippen LogP contribution in [0.15, 0.2) is 0 Å². The van der Waals surface area contributed by atoms with Gasteiger partial charge in [0.25, 0.3) is 0 Å². The largest absolute Gasteiger partial charge is 0.481 e. The molecule has 1 unspecified atom stereocenters. The number of hydrogen-bond acceptors (Lipinski definition) is 3. The van der Waals surface area contributed by atoms with Crippen LogP contribution in [0.1, 0.15) is 38.5 Å². The van der Waals surface area contributed by atoms with Gasteiger partial charge in [-0.2, -0.15) is 0 Å². The van der Waals surface area contributed by atoms with Crippen LogP contribution in [0.3, 0.4) is 0 Å². The van der Waals surface area contributed by atoms with Crippen molar-refractivity contribution in [3.8, 4) is 0 Å². The molecule has 5 nitrogen and oxygen atoms in total. The number of carboxylic acid groups (broad SMARTS) is 2. The van der Waals surface area contributed by atoms with E-state index in [9.17, 15) is 9.59 Å².